The van der Waals surface area contributed by atoms with E-state index in [4.69, 9.17) is 5.11 Å². The molecule has 0 aromatic carbocycles. The van der Waals surface area contributed by atoms with Crippen molar-refractivity contribution in [3.63, 3.8) is 0 Å². The monoisotopic (exact) mass is 138 g/mol. The summed E-state index contributed by atoms with van der Waals surface area (Å²) < 4.78 is 0. The molecule has 1 N–H and O–H groups in total. The van der Waals surface area contributed by atoms with Gasteiger partial charge in [0.05, 0.1) is 6.26 Å². The zero-order valence-corrected chi connectivity index (χ0v) is 6.33. The van der Waals surface area contributed by atoms with E-state index in [1.807, 2.05) is 18.2 Å². The van der Waals surface area contributed by atoms with Gasteiger partial charge in [-0.2, -0.15) is 0 Å². The Bertz CT molecular complexity index is 134. The summed E-state index contributed by atoms with van der Waals surface area (Å²) in [6.45, 7) is 5.76. The normalized spacial score (nSPS) is 14.5. The molecular formula is C9H14O. The maximum Gasteiger partial charge on any atom is 0.0791 e. The SMILES string of the molecule is C=CC(C)C/C=C\C=C\O. The Morgan fingerprint density at radius 2 is 2.20 bits per heavy atom. The largest absolute Gasteiger partial charge is 0.516 e. The molecule has 0 aromatic rings. The molecule has 0 aliphatic carbocycles. The smallest absolute Gasteiger partial charge is 0.0791 e. The molecule has 0 aromatic heterocycles. The number of aliphatic hydroxyl groups is 1. The first-order valence-electron chi connectivity index (χ1n) is 3.39. The Kier molecular flexibility index (Phi) is 5.54. The quantitative estimate of drug-likeness (QED) is 0.360. The van der Waals surface area contributed by atoms with Crippen molar-refractivity contribution in [2.24, 2.45) is 5.92 Å². The predicted molar refractivity (Wildman–Crippen MR) is 44.9 cm³/mol. The second-order valence-corrected chi connectivity index (χ2v) is 2.22. The molecule has 0 radical (unpaired) electrons. The molecule has 0 saturated carbocycles. The highest BCUT2D eigenvalue weighted by atomic mass is 16.2. The van der Waals surface area contributed by atoms with Crippen LogP contribution in [0.4, 0.5) is 0 Å². The van der Waals surface area contributed by atoms with Crippen molar-refractivity contribution in [2.45, 2.75) is 13.3 Å². The second kappa shape index (κ2) is 6.14. The van der Waals surface area contributed by atoms with Crippen LogP contribution in [0.25, 0.3) is 0 Å². The zero-order chi connectivity index (χ0) is 7.82. The number of allylic oxidation sites excluding steroid dienone is 4. The van der Waals surface area contributed by atoms with Gasteiger partial charge in [0, 0.05) is 0 Å². The van der Waals surface area contributed by atoms with Crippen molar-refractivity contribution in [3.8, 4) is 0 Å². The topological polar surface area (TPSA) is 20.2 Å². The standard InChI is InChI=1S/C9H14O/c1-3-9(2)7-5-4-6-8-10/h3-6,8-10H,1,7H2,2H3/b5-4-,8-6+. The Labute approximate surface area is 62.4 Å². The Balaban J connectivity index is 3.42. The lowest BCUT2D eigenvalue weighted by molar-refractivity contribution is 0.473. The third-order valence-electron chi connectivity index (χ3n) is 1.24. The van der Waals surface area contributed by atoms with E-state index in [2.05, 4.69) is 13.5 Å². The van der Waals surface area contributed by atoms with Gasteiger partial charge in [-0.1, -0.05) is 25.2 Å². The van der Waals surface area contributed by atoms with E-state index in [0.29, 0.717) is 5.92 Å². The maximum absolute atomic E-state index is 8.24. The lowest BCUT2D eigenvalue weighted by Crippen LogP contribution is -1.83. The summed E-state index contributed by atoms with van der Waals surface area (Å²) in [6, 6.07) is 0. The Morgan fingerprint density at radius 1 is 1.50 bits per heavy atom. The van der Waals surface area contributed by atoms with Gasteiger partial charge in [0.2, 0.25) is 0 Å². The highest BCUT2D eigenvalue weighted by Crippen LogP contribution is 2.02. The van der Waals surface area contributed by atoms with Crippen LogP contribution in [0, 0.1) is 5.92 Å². The van der Waals surface area contributed by atoms with Gasteiger partial charge in [-0.3, -0.25) is 0 Å². The second-order valence-electron chi connectivity index (χ2n) is 2.22. The van der Waals surface area contributed by atoms with Crippen LogP contribution in [-0.4, -0.2) is 5.11 Å². The molecule has 0 amide bonds. The van der Waals surface area contributed by atoms with Gasteiger partial charge in [-0.15, -0.1) is 6.58 Å². The molecule has 0 saturated heterocycles. The molecule has 0 aliphatic rings. The number of aliphatic hydroxyl groups excluding tert-OH is 1. The maximum atomic E-state index is 8.24. The van der Waals surface area contributed by atoms with Crippen LogP contribution in [0.2, 0.25) is 0 Å². The van der Waals surface area contributed by atoms with Crippen LogP contribution in [0.15, 0.2) is 37.1 Å². The van der Waals surface area contributed by atoms with Gasteiger partial charge in [0.25, 0.3) is 0 Å². The fraction of sp³-hybridized carbons (Fsp3) is 0.333. The number of rotatable bonds is 4. The Morgan fingerprint density at radius 3 is 2.70 bits per heavy atom. The van der Waals surface area contributed by atoms with E-state index < -0.39 is 0 Å². The van der Waals surface area contributed by atoms with E-state index in [1.54, 1.807) is 6.08 Å². The van der Waals surface area contributed by atoms with Crippen molar-refractivity contribution in [1.82, 2.24) is 0 Å². The van der Waals surface area contributed by atoms with Gasteiger partial charge in [0.1, 0.15) is 0 Å². The van der Waals surface area contributed by atoms with Crippen molar-refractivity contribution in [2.75, 3.05) is 0 Å². The minimum Gasteiger partial charge on any atom is -0.516 e. The first kappa shape index (κ1) is 9.02. The summed E-state index contributed by atoms with van der Waals surface area (Å²) in [5.74, 6) is 0.517. The third kappa shape index (κ3) is 5.16. The van der Waals surface area contributed by atoms with E-state index in [-0.39, 0.29) is 0 Å². The Hall–Kier alpha value is -0.980. The molecule has 0 fully saturated rings. The minimum atomic E-state index is 0.517. The average molecular weight is 138 g/mol. The first-order valence-corrected chi connectivity index (χ1v) is 3.39. The molecule has 1 atom stereocenters. The molecule has 56 valence electrons. The fourth-order valence-corrected chi connectivity index (χ4v) is 0.518. The fourth-order valence-electron chi connectivity index (χ4n) is 0.518. The third-order valence-corrected chi connectivity index (χ3v) is 1.24. The van der Waals surface area contributed by atoms with Crippen LogP contribution in [0.1, 0.15) is 13.3 Å². The molecular weight excluding hydrogens is 124 g/mol. The van der Waals surface area contributed by atoms with Crippen LogP contribution >= 0.6 is 0 Å². The number of hydrogen-bond acceptors (Lipinski definition) is 1. The highest BCUT2D eigenvalue weighted by Gasteiger charge is 1.88. The molecule has 1 nitrogen and oxygen atoms in total. The van der Waals surface area contributed by atoms with Crippen LogP contribution in [-0.2, 0) is 0 Å². The molecule has 1 unspecified atom stereocenters. The van der Waals surface area contributed by atoms with Crippen LogP contribution in [0.3, 0.4) is 0 Å². The van der Waals surface area contributed by atoms with Gasteiger partial charge in [-0.25, -0.2) is 0 Å². The molecule has 0 spiro atoms. The highest BCUT2D eigenvalue weighted by molar-refractivity contribution is 5.00. The van der Waals surface area contributed by atoms with Crippen molar-refractivity contribution in [3.05, 3.63) is 37.1 Å². The van der Waals surface area contributed by atoms with Gasteiger partial charge in [0.15, 0.2) is 0 Å². The lowest BCUT2D eigenvalue weighted by Gasteiger charge is -1.96. The molecule has 0 rings (SSSR count). The first-order chi connectivity index (χ1) is 4.81. The van der Waals surface area contributed by atoms with E-state index in [1.165, 1.54) is 0 Å². The van der Waals surface area contributed by atoms with Crippen LogP contribution in [0.5, 0.6) is 0 Å². The lowest BCUT2D eigenvalue weighted by atomic mass is 10.1. The molecule has 10 heavy (non-hydrogen) atoms. The molecule has 0 aliphatic heterocycles. The van der Waals surface area contributed by atoms with E-state index >= 15 is 0 Å². The van der Waals surface area contributed by atoms with E-state index in [0.717, 1.165) is 12.7 Å². The van der Waals surface area contributed by atoms with Gasteiger partial charge >= 0.3 is 0 Å². The molecule has 0 bridgehead atoms. The van der Waals surface area contributed by atoms with Gasteiger partial charge < -0.3 is 5.11 Å². The summed E-state index contributed by atoms with van der Waals surface area (Å²) in [7, 11) is 0. The van der Waals surface area contributed by atoms with Crippen molar-refractivity contribution >= 4 is 0 Å². The van der Waals surface area contributed by atoms with E-state index in [9.17, 15) is 0 Å². The minimum absolute atomic E-state index is 0.517. The van der Waals surface area contributed by atoms with Crippen LogP contribution < -0.4 is 0 Å². The average Bonchev–Trinajstić information content (AvgIpc) is 1.98. The zero-order valence-electron chi connectivity index (χ0n) is 6.33. The number of hydrogen-bond donors (Lipinski definition) is 1. The summed E-state index contributed by atoms with van der Waals surface area (Å²) in [5.41, 5.74) is 0. The predicted octanol–water partition coefficient (Wildman–Crippen LogP) is 2.83. The summed E-state index contributed by atoms with van der Waals surface area (Å²) in [6.07, 6.45) is 9.32. The van der Waals surface area contributed by atoms with Crippen molar-refractivity contribution in [1.29, 1.82) is 0 Å². The summed E-state index contributed by atoms with van der Waals surface area (Å²) in [4.78, 5) is 0. The molecule has 0 heterocycles. The summed E-state index contributed by atoms with van der Waals surface area (Å²) >= 11 is 0. The molecule has 1 heteroatoms. The summed E-state index contributed by atoms with van der Waals surface area (Å²) in [5, 5.41) is 8.24. The van der Waals surface area contributed by atoms with Crippen molar-refractivity contribution < 1.29 is 5.11 Å². The van der Waals surface area contributed by atoms with Gasteiger partial charge in [-0.05, 0) is 18.4 Å².